The Balaban J connectivity index is 4.46. The number of aliphatic hydroxyl groups excluding tert-OH is 1. The van der Waals surface area contributed by atoms with Gasteiger partial charge in [-0.3, -0.25) is 0 Å². The molecule has 1 N–H and O–H groups in total. The SMILES string of the molecule is C=CCC(OC(=O)C(C)O)C(=O)OC(C)C(=O)OC(CCCSCCCCCCCCCCCCCCCCCC)C(=O)OCCOCCOC. The van der Waals surface area contributed by atoms with Gasteiger partial charge < -0.3 is 33.5 Å². The van der Waals surface area contributed by atoms with Crippen LogP contribution in [0.4, 0.5) is 0 Å². The molecule has 0 radical (unpaired) electrons. The van der Waals surface area contributed by atoms with Crippen LogP contribution in [0.5, 0.6) is 0 Å². The van der Waals surface area contributed by atoms with Gasteiger partial charge in [0.05, 0.1) is 19.8 Å². The van der Waals surface area contributed by atoms with Gasteiger partial charge in [0.25, 0.3) is 0 Å². The number of hydrogen-bond donors (Lipinski definition) is 1. The minimum atomic E-state index is -1.45. The van der Waals surface area contributed by atoms with Crippen LogP contribution in [0.1, 0.15) is 143 Å². The van der Waals surface area contributed by atoms with E-state index in [0.717, 1.165) is 17.9 Å². The van der Waals surface area contributed by atoms with Crippen LogP contribution in [0.2, 0.25) is 0 Å². The zero-order chi connectivity index (χ0) is 38.0. The van der Waals surface area contributed by atoms with Gasteiger partial charge in [-0.2, -0.15) is 11.8 Å². The summed E-state index contributed by atoms with van der Waals surface area (Å²) in [6.45, 7) is 9.18. The predicted octanol–water partition coefficient (Wildman–Crippen LogP) is 7.68. The largest absolute Gasteiger partial charge is 0.460 e. The van der Waals surface area contributed by atoms with Gasteiger partial charge in [-0.25, -0.2) is 19.2 Å². The highest BCUT2D eigenvalue weighted by atomic mass is 32.2. The number of carbonyl (C=O) groups is 4. The molecule has 0 aliphatic carbocycles. The normalized spacial score (nSPS) is 13.5. The van der Waals surface area contributed by atoms with Crippen molar-refractivity contribution in [3.8, 4) is 0 Å². The molecule has 0 aliphatic heterocycles. The van der Waals surface area contributed by atoms with Gasteiger partial charge in [0, 0.05) is 13.5 Å². The molecule has 11 nitrogen and oxygen atoms in total. The van der Waals surface area contributed by atoms with Crippen LogP contribution in [-0.2, 0) is 47.6 Å². The van der Waals surface area contributed by atoms with Crippen molar-refractivity contribution in [2.75, 3.05) is 45.0 Å². The van der Waals surface area contributed by atoms with Crippen molar-refractivity contribution in [2.24, 2.45) is 0 Å². The van der Waals surface area contributed by atoms with Gasteiger partial charge in [-0.15, -0.1) is 6.58 Å². The summed E-state index contributed by atoms with van der Waals surface area (Å²) in [5.74, 6) is -1.85. The molecular weight excluding hydrogens is 676 g/mol. The predicted molar refractivity (Wildman–Crippen MR) is 202 cm³/mol. The molecule has 51 heavy (non-hydrogen) atoms. The molecule has 0 fully saturated rings. The monoisotopic (exact) mass is 746 g/mol. The number of rotatable bonds is 36. The summed E-state index contributed by atoms with van der Waals surface area (Å²) in [6, 6.07) is 0. The van der Waals surface area contributed by atoms with E-state index in [1.54, 1.807) is 7.11 Å². The van der Waals surface area contributed by atoms with Crippen LogP contribution < -0.4 is 0 Å². The van der Waals surface area contributed by atoms with Gasteiger partial charge in [0.2, 0.25) is 6.10 Å². The number of carbonyl (C=O) groups excluding carboxylic acids is 4. The molecule has 0 saturated heterocycles. The quantitative estimate of drug-likeness (QED) is 0.0291. The summed E-state index contributed by atoms with van der Waals surface area (Å²) >= 11 is 1.81. The Kier molecular flexibility index (Phi) is 33.4. The van der Waals surface area contributed by atoms with Gasteiger partial charge >= 0.3 is 23.9 Å². The van der Waals surface area contributed by atoms with E-state index in [0.29, 0.717) is 19.6 Å². The molecule has 298 valence electrons. The van der Waals surface area contributed by atoms with E-state index >= 15 is 0 Å². The van der Waals surface area contributed by atoms with E-state index in [2.05, 4.69) is 13.5 Å². The van der Waals surface area contributed by atoms with Crippen molar-refractivity contribution in [1.29, 1.82) is 0 Å². The molecule has 0 heterocycles. The Morgan fingerprint density at radius 1 is 0.627 bits per heavy atom. The number of methoxy groups -OCH3 is 1. The fourth-order valence-electron chi connectivity index (χ4n) is 5.11. The van der Waals surface area contributed by atoms with Crippen LogP contribution in [0.15, 0.2) is 12.7 Å². The van der Waals surface area contributed by atoms with Crippen LogP contribution in [0.3, 0.4) is 0 Å². The molecule has 0 rings (SSSR count). The second-order valence-corrected chi connectivity index (χ2v) is 14.2. The molecular formula is C39H70O11S. The Morgan fingerprint density at radius 2 is 1.14 bits per heavy atom. The maximum atomic E-state index is 12.8. The van der Waals surface area contributed by atoms with E-state index in [1.807, 2.05) is 11.8 Å². The fourth-order valence-corrected chi connectivity index (χ4v) is 6.09. The molecule has 0 aromatic rings. The molecule has 0 aliphatic rings. The minimum absolute atomic E-state index is 0.0208. The molecule has 0 aromatic carbocycles. The maximum absolute atomic E-state index is 12.8. The van der Waals surface area contributed by atoms with E-state index in [-0.39, 0.29) is 26.1 Å². The first-order valence-corrected chi connectivity index (χ1v) is 20.5. The molecule has 4 atom stereocenters. The highest BCUT2D eigenvalue weighted by Crippen LogP contribution is 2.17. The Morgan fingerprint density at radius 3 is 1.67 bits per heavy atom. The highest BCUT2D eigenvalue weighted by Gasteiger charge is 2.32. The third-order valence-electron chi connectivity index (χ3n) is 8.19. The Bertz CT molecular complexity index is 898. The molecule has 0 aromatic heterocycles. The van der Waals surface area contributed by atoms with Crippen LogP contribution in [0.25, 0.3) is 0 Å². The van der Waals surface area contributed by atoms with Gasteiger partial charge in [-0.05, 0) is 44.6 Å². The molecule has 0 spiro atoms. The van der Waals surface area contributed by atoms with Crippen molar-refractivity contribution in [3.63, 3.8) is 0 Å². The topological polar surface area (TPSA) is 144 Å². The summed E-state index contributed by atoms with van der Waals surface area (Å²) in [6.07, 6.45) is 18.1. The zero-order valence-electron chi connectivity index (χ0n) is 32.2. The molecule has 0 amide bonds. The van der Waals surface area contributed by atoms with Crippen molar-refractivity contribution < 1.29 is 52.7 Å². The van der Waals surface area contributed by atoms with Gasteiger partial charge in [0.1, 0.15) is 12.7 Å². The second-order valence-electron chi connectivity index (χ2n) is 13.0. The van der Waals surface area contributed by atoms with E-state index < -0.39 is 48.3 Å². The lowest BCUT2D eigenvalue weighted by Crippen LogP contribution is -2.38. The van der Waals surface area contributed by atoms with E-state index in [9.17, 15) is 24.3 Å². The van der Waals surface area contributed by atoms with Crippen LogP contribution >= 0.6 is 11.8 Å². The zero-order valence-corrected chi connectivity index (χ0v) is 33.0. The molecule has 0 saturated carbocycles. The number of hydrogen-bond acceptors (Lipinski definition) is 12. The van der Waals surface area contributed by atoms with E-state index in [1.165, 1.54) is 116 Å². The lowest BCUT2D eigenvalue weighted by atomic mass is 10.0. The fraction of sp³-hybridized carbons (Fsp3) is 0.846. The highest BCUT2D eigenvalue weighted by molar-refractivity contribution is 7.99. The Labute approximate surface area is 312 Å². The average Bonchev–Trinajstić information content (AvgIpc) is 3.11. The molecule has 0 bridgehead atoms. The van der Waals surface area contributed by atoms with Gasteiger partial charge in [0.15, 0.2) is 12.2 Å². The lowest BCUT2D eigenvalue weighted by molar-refractivity contribution is -0.185. The summed E-state index contributed by atoms with van der Waals surface area (Å²) in [5.41, 5.74) is 0. The minimum Gasteiger partial charge on any atom is -0.460 e. The number of esters is 4. The number of aliphatic hydroxyl groups is 1. The lowest BCUT2D eigenvalue weighted by Gasteiger charge is -2.21. The summed E-state index contributed by atoms with van der Waals surface area (Å²) in [4.78, 5) is 50.0. The standard InChI is InChI=1S/C39H70O11S/c1-6-8-9-10-11-12-13-14-15-16-17-18-19-20-21-22-30-51-31-23-25-35(38(43)47-29-28-46-27-26-45-5)50-37(42)33(4)48-39(44)34(24-7-2)49-36(41)32(3)40/h7,32-35,40H,2,6,8-31H2,1,3-5H3. The second kappa shape index (κ2) is 34.9. The molecule has 12 heteroatoms. The first kappa shape index (κ1) is 48.9. The Hall–Kier alpha value is -2.15. The third kappa shape index (κ3) is 29.0. The van der Waals surface area contributed by atoms with Crippen molar-refractivity contribution >= 4 is 35.6 Å². The average molecular weight is 747 g/mol. The smallest absolute Gasteiger partial charge is 0.348 e. The first-order chi connectivity index (χ1) is 24.7. The van der Waals surface area contributed by atoms with Crippen molar-refractivity contribution in [3.05, 3.63) is 12.7 Å². The van der Waals surface area contributed by atoms with Crippen molar-refractivity contribution in [2.45, 2.75) is 167 Å². The third-order valence-corrected chi connectivity index (χ3v) is 9.35. The summed E-state index contributed by atoms with van der Waals surface area (Å²) in [5, 5.41) is 9.40. The summed E-state index contributed by atoms with van der Waals surface area (Å²) in [7, 11) is 1.56. The van der Waals surface area contributed by atoms with Crippen molar-refractivity contribution in [1.82, 2.24) is 0 Å². The van der Waals surface area contributed by atoms with Gasteiger partial charge in [-0.1, -0.05) is 109 Å². The first-order valence-electron chi connectivity index (χ1n) is 19.4. The number of unbranched alkanes of at least 4 members (excludes halogenated alkanes) is 15. The maximum Gasteiger partial charge on any atom is 0.348 e. The van der Waals surface area contributed by atoms with Crippen LogP contribution in [-0.4, -0.2) is 98.4 Å². The number of ether oxygens (including phenoxy) is 6. The summed E-state index contributed by atoms with van der Waals surface area (Å²) < 4.78 is 31.1. The van der Waals surface area contributed by atoms with Crippen LogP contribution in [0, 0.1) is 0 Å². The number of thioether (sulfide) groups is 1. The molecule has 4 unspecified atom stereocenters. The van der Waals surface area contributed by atoms with E-state index in [4.69, 9.17) is 28.4 Å².